The molecule has 0 aliphatic rings. The highest BCUT2D eigenvalue weighted by Crippen LogP contribution is 2.15. The van der Waals surface area contributed by atoms with Gasteiger partial charge in [-0.2, -0.15) is 0 Å². The molecular formula is C12H22O3. The average molecular weight is 214 g/mol. The molecule has 0 bridgehead atoms. The fourth-order valence-electron chi connectivity index (χ4n) is 0.854. The number of rotatable bonds is 7. The summed E-state index contributed by atoms with van der Waals surface area (Å²) in [6, 6.07) is 0. The van der Waals surface area contributed by atoms with Gasteiger partial charge in [0.25, 0.3) is 0 Å². The van der Waals surface area contributed by atoms with Crippen molar-refractivity contribution in [3.05, 3.63) is 12.7 Å². The Bertz CT molecular complexity index is 192. The molecule has 0 atom stereocenters. The van der Waals surface area contributed by atoms with Crippen molar-refractivity contribution >= 4 is 5.97 Å². The first-order chi connectivity index (χ1) is 6.98. The maximum Gasteiger partial charge on any atom is 0.311 e. The van der Waals surface area contributed by atoms with Crippen molar-refractivity contribution < 1.29 is 14.3 Å². The van der Waals surface area contributed by atoms with E-state index in [1.807, 2.05) is 20.8 Å². The van der Waals surface area contributed by atoms with Crippen molar-refractivity contribution in [3.63, 3.8) is 0 Å². The number of esters is 1. The molecule has 0 amide bonds. The molecule has 0 saturated carbocycles. The highest BCUT2D eigenvalue weighted by molar-refractivity contribution is 5.75. The lowest BCUT2D eigenvalue weighted by atomic mass is 9.97. The van der Waals surface area contributed by atoms with Crippen molar-refractivity contribution in [1.29, 1.82) is 0 Å². The predicted molar refractivity (Wildman–Crippen MR) is 60.7 cm³/mol. The number of carbonyl (C=O) groups excluding carboxylic acids is 1. The monoisotopic (exact) mass is 214 g/mol. The van der Waals surface area contributed by atoms with Crippen molar-refractivity contribution in [2.24, 2.45) is 5.41 Å². The van der Waals surface area contributed by atoms with E-state index in [-0.39, 0.29) is 5.97 Å². The van der Waals surface area contributed by atoms with Gasteiger partial charge in [-0.25, -0.2) is 0 Å². The SMILES string of the molecule is C=CCOCCCCOC(=O)C(C)(C)C. The number of hydrogen-bond acceptors (Lipinski definition) is 3. The Morgan fingerprint density at radius 1 is 1.27 bits per heavy atom. The van der Waals surface area contributed by atoms with E-state index in [0.717, 1.165) is 12.8 Å². The van der Waals surface area contributed by atoms with Gasteiger partial charge in [0, 0.05) is 6.61 Å². The zero-order valence-electron chi connectivity index (χ0n) is 10.0. The Hall–Kier alpha value is -0.830. The summed E-state index contributed by atoms with van der Waals surface area (Å²) < 4.78 is 10.3. The molecule has 0 saturated heterocycles. The molecule has 0 unspecified atom stereocenters. The normalized spacial score (nSPS) is 11.1. The lowest BCUT2D eigenvalue weighted by Gasteiger charge is -2.16. The second-order valence-electron chi connectivity index (χ2n) is 4.46. The Morgan fingerprint density at radius 2 is 1.87 bits per heavy atom. The Labute approximate surface area is 92.5 Å². The highest BCUT2D eigenvalue weighted by atomic mass is 16.5. The van der Waals surface area contributed by atoms with Gasteiger partial charge in [-0.1, -0.05) is 6.08 Å². The zero-order valence-corrected chi connectivity index (χ0v) is 10.0. The first-order valence-corrected chi connectivity index (χ1v) is 5.34. The fraction of sp³-hybridized carbons (Fsp3) is 0.750. The van der Waals surface area contributed by atoms with Gasteiger partial charge in [0.1, 0.15) is 0 Å². The van der Waals surface area contributed by atoms with Crippen LogP contribution in [0.2, 0.25) is 0 Å². The van der Waals surface area contributed by atoms with Crippen LogP contribution in [0.1, 0.15) is 33.6 Å². The molecule has 0 radical (unpaired) electrons. The third kappa shape index (κ3) is 8.18. The summed E-state index contributed by atoms with van der Waals surface area (Å²) in [5.74, 6) is -0.144. The Morgan fingerprint density at radius 3 is 2.40 bits per heavy atom. The lowest BCUT2D eigenvalue weighted by Crippen LogP contribution is -2.23. The van der Waals surface area contributed by atoms with Gasteiger partial charge in [0.2, 0.25) is 0 Å². The standard InChI is InChI=1S/C12H22O3/c1-5-8-14-9-6-7-10-15-11(13)12(2,3)4/h5H,1,6-10H2,2-4H3. The van der Waals surface area contributed by atoms with Crippen LogP contribution in [0.3, 0.4) is 0 Å². The minimum Gasteiger partial charge on any atom is -0.465 e. The van der Waals surface area contributed by atoms with E-state index in [1.165, 1.54) is 0 Å². The summed E-state index contributed by atoms with van der Waals surface area (Å²) in [6.45, 7) is 10.9. The molecule has 0 N–H and O–H groups in total. The molecule has 0 spiro atoms. The van der Waals surface area contributed by atoms with Crippen LogP contribution in [-0.4, -0.2) is 25.8 Å². The number of carbonyl (C=O) groups is 1. The van der Waals surface area contributed by atoms with Crippen molar-refractivity contribution in [3.8, 4) is 0 Å². The van der Waals surface area contributed by atoms with E-state index in [9.17, 15) is 4.79 Å². The molecule has 3 heteroatoms. The van der Waals surface area contributed by atoms with Crippen LogP contribution < -0.4 is 0 Å². The third-order valence-electron chi connectivity index (χ3n) is 1.76. The van der Waals surface area contributed by atoms with Gasteiger partial charge in [-0.05, 0) is 33.6 Å². The first-order valence-electron chi connectivity index (χ1n) is 5.34. The van der Waals surface area contributed by atoms with E-state index in [1.54, 1.807) is 6.08 Å². The summed E-state index contributed by atoms with van der Waals surface area (Å²) in [5.41, 5.74) is -0.403. The van der Waals surface area contributed by atoms with Gasteiger partial charge in [0.05, 0.1) is 18.6 Å². The summed E-state index contributed by atoms with van der Waals surface area (Å²) >= 11 is 0. The summed E-state index contributed by atoms with van der Waals surface area (Å²) in [5, 5.41) is 0. The van der Waals surface area contributed by atoms with Crippen molar-refractivity contribution in [1.82, 2.24) is 0 Å². The lowest BCUT2D eigenvalue weighted by molar-refractivity contribution is -0.153. The van der Waals surface area contributed by atoms with Crippen LogP contribution in [0, 0.1) is 5.41 Å². The Kier molecular flexibility index (Phi) is 7.05. The molecule has 0 fully saturated rings. The molecule has 0 heterocycles. The minimum atomic E-state index is -0.403. The highest BCUT2D eigenvalue weighted by Gasteiger charge is 2.22. The fourth-order valence-corrected chi connectivity index (χ4v) is 0.854. The van der Waals surface area contributed by atoms with Crippen LogP contribution in [0.15, 0.2) is 12.7 Å². The Balaban J connectivity index is 3.32. The maximum absolute atomic E-state index is 11.3. The zero-order chi connectivity index (χ0) is 11.7. The second-order valence-corrected chi connectivity index (χ2v) is 4.46. The molecule has 0 aromatic rings. The molecule has 0 rings (SSSR count). The summed E-state index contributed by atoms with van der Waals surface area (Å²) in [6.07, 6.45) is 3.48. The van der Waals surface area contributed by atoms with Crippen molar-refractivity contribution in [2.45, 2.75) is 33.6 Å². The van der Waals surface area contributed by atoms with Crippen LogP contribution in [0.5, 0.6) is 0 Å². The molecule has 0 aliphatic heterocycles. The van der Waals surface area contributed by atoms with Crippen LogP contribution in [0.4, 0.5) is 0 Å². The van der Waals surface area contributed by atoms with Gasteiger partial charge < -0.3 is 9.47 Å². The molecule has 0 aromatic heterocycles. The first kappa shape index (κ1) is 14.2. The van der Waals surface area contributed by atoms with Crippen LogP contribution in [0.25, 0.3) is 0 Å². The maximum atomic E-state index is 11.3. The molecule has 0 aliphatic carbocycles. The summed E-state index contributed by atoms with van der Waals surface area (Å²) in [4.78, 5) is 11.3. The molecule has 15 heavy (non-hydrogen) atoms. The largest absolute Gasteiger partial charge is 0.465 e. The van der Waals surface area contributed by atoms with E-state index < -0.39 is 5.41 Å². The molecule has 0 aromatic carbocycles. The van der Waals surface area contributed by atoms with Crippen LogP contribution >= 0.6 is 0 Å². The quantitative estimate of drug-likeness (QED) is 0.371. The topological polar surface area (TPSA) is 35.5 Å². The van der Waals surface area contributed by atoms with Gasteiger partial charge in [-0.15, -0.1) is 6.58 Å². The predicted octanol–water partition coefficient (Wildman–Crippen LogP) is 2.56. The third-order valence-corrected chi connectivity index (χ3v) is 1.76. The minimum absolute atomic E-state index is 0.144. The van der Waals surface area contributed by atoms with Crippen LogP contribution in [-0.2, 0) is 14.3 Å². The van der Waals surface area contributed by atoms with E-state index in [2.05, 4.69) is 6.58 Å². The van der Waals surface area contributed by atoms with Crippen molar-refractivity contribution in [2.75, 3.05) is 19.8 Å². The van der Waals surface area contributed by atoms with Gasteiger partial charge in [0.15, 0.2) is 0 Å². The summed E-state index contributed by atoms with van der Waals surface area (Å²) in [7, 11) is 0. The van der Waals surface area contributed by atoms with E-state index >= 15 is 0 Å². The van der Waals surface area contributed by atoms with E-state index in [0.29, 0.717) is 19.8 Å². The number of ether oxygens (including phenoxy) is 2. The molecule has 3 nitrogen and oxygen atoms in total. The van der Waals surface area contributed by atoms with Gasteiger partial charge >= 0.3 is 5.97 Å². The number of unbranched alkanes of at least 4 members (excludes halogenated alkanes) is 1. The van der Waals surface area contributed by atoms with Gasteiger partial charge in [-0.3, -0.25) is 4.79 Å². The smallest absolute Gasteiger partial charge is 0.311 e. The molecular weight excluding hydrogens is 192 g/mol. The molecule has 88 valence electrons. The second kappa shape index (κ2) is 7.46. The average Bonchev–Trinajstić information content (AvgIpc) is 2.14. The van der Waals surface area contributed by atoms with E-state index in [4.69, 9.17) is 9.47 Å². The number of hydrogen-bond donors (Lipinski definition) is 0.